The maximum atomic E-state index is 12.1. The second kappa shape index (κ2) is 3.91. The minimum atomic E-state index is -0.576. The van der Waals surface area contributed by atoms with Gasteiger partial charge in [-0.1, -0.05) is 0 Å². The van der Waals surface area contributed by atoms with Crippen molar-refractivity contribution >= 4 is 17.4 Å². The van der Waals surface area contributed by atoms with Crippen LogP contribution in [0.5, 0.6) is 0 Å². The van der Waals surface area contributed by atoms with Gasteiger partial charge < -0.3 is 15.5 Å². The van der Waals surface area contributed by atoms with Gasteiger partial charge in [0, 0.05) is 38.1 Å². The fraction of sp³-hybridized carbons (Fsp3) is 0.500. The molecule has 1 amide bonds. The number of hydrogen-bond acceptors (Lipinski definition) is 4. The van der Waals surface area contributed by atoms with E-state index in [2.05, 4.69) is 4.98 Å². The lowest BCUT2D eigenvalue weighted by atomic mass is 9.98. The molecule has 1 fully saturated rings. The zero-order valence-corrected chi connectivity index (χ0v) is 10.5. The summed E-state index contributed by atoms with van der Waals surface area (Å²) in [7, 11) is 1.83. The topological polar surface area (TPSA) is 62.5 Å². The third kappa shape index (κ3) is 1.92. The Hall–Kier alpha value is -1.78. The Morgan fingerprint density at radius 1 is 1.41 bits per heavy atom. The number of likely N-dealkylation sites (N-methyl/N-ethyl adjacent to an activating group) is 1. The molecular weight excluding hydrogens is 216 g/mol. The van der Waals surface area contributed by atoms with E-state index < -0.39 is 5.54 Å². The lowest BCUT2D eigenvalue weighted by molar-refractivity contribution is -0.136. The normalized spacial score (nSPS) is 19.6. The van der Waals surface area contributed by atoms with Crippen LogP contribution in [-0.4, -0.2) is 41.5 Å². The summed E-state index contributed by atoms with van der Waals surface area (Å²) in [5, 5.41) is 0. The molecular formula is C12H18N4O. The summed E-state index contributed by atoms with van der Waals surface area (Å²) in [5.41, 5.74) is 5.84. The van der Waals surface area contributed by atoms with E-state index >= 15 is 0 Å². The summed E-state index contributed by atoms with van der Waals surface area (Å²) in [5.74, 6) is 0.865. The Bertz CT molecular complexity index is 444. The zero-order valence-electron chi connectivity index (χ0n) is 10.5. The largest absolute Gasteiger partial charge is 0.399 e. The Morgan fingerprint density at radius 2 is 2.12 bits per heavy atom. The van der Waals surface area contributed by atoms with Gasteiger partial charge in [-0.3, -0.25) is 4.79 Å². The van der Waals surface area contributed by atoms with Crippen molar-refractivity contribution < 1.29 is 4.79 Å². The number of nitrogens with zero attached hydrogens (tertiary/aromatic N) is 3. The van der Waals surface area contributed by atoms with E-state index in [9.17, 15) is 4.79 Å². The molecule has 1 aliphatic rings. The van der Waals surface area contributed by atoms with E-state index in [0.717, 1.165) is 12.4 Å². The van der Waals surface area contributed by atoms with Gasteiger partial charge in [0.15, 0.2) is 0 Å². The van der Waals surface area contributed by atoms with Crippen molar-refractivity contribution in [2.24, 2.45) is 0 Å². The average molecular weight is 234 g/mol. The van der Waals surface area contributed by atoms with Crippen LogP contribution in [0.4, 0.5) is 11.5 Å². The van der Waals surface area contributed by atoms with Crippen molar-refractivity contribution in [2.75, 3.05) is 30.8 Å². The third-order valence-electron chi connectivity index (χ3n) is 3.25. The van der Waals surface area contributed by atoms with Gasteiger partial charge in [0.2, 0.25) is 5.91 Å². The SMILES string of the molecule is CN1CCN(c2cc(N)ccn2)C(C)(C)C1=O. The summed E-state index contributed by atoms with van der Waals surface area (Å²) in [6.07, 6.45) is 1.67. The van der Waals surface area contributed by atoms with Gasteiger partial charge in [-0.25, -0.2) is 4.98 Å². The van der Waals surface area contributed by atoms with Crippen molar-refractivity contribution in [2.45, 2.75) is 19.4 Å². The molecule has 0 saturated carbocycles. The first-order valence-corrected chi connectivity index (χ1v) is 5.67. The lowest BCUT2D eigenvalue weighted by Gasteiger charge is -2.45. The first-order valence-electron chi connectivity index (χ1n) is 5.67. The summed E-state index contributed by atoms with van der Waals surface area (Å²) in [6.45, 7) is 5.30. The molecule has 0 aromatic carbocycles. The molecule has 2 N–H and O–H groups in total. The van der Waals surface area contributed by atoms with Crippen molar-refractivity contribution in [3.63, 3.8) is 0 Å². The number of piperazine rings is 1. The molecule has 0 atom stereocenters. The first-order chi connectivity index (χ1) is 7.93. The molecule has 0 bridgehead atoms. The van der Waals surface area contributed by atoms with Gasteiger partial charge in [0.25, 0.3) is 0 Å². The smallest absolute Gasteiger partial charge is 0.247 e. The molecule has 17 heavy (non-hydrogen) atoms. The number of pyridine rings is 1. The molecule has 1 aromatic heterocycles. The highest BCUT2D eigenvalue weighted by atomic mass is 16.2. The average Bonchev–Trinajstić information content (AvgIpc) is 2.26. The predicted octanol–water partition coefficient (Wildman–Crippen LogP) is 0.721. The molecule has 0 unspecified atom stereocenters. The Balaban J connectivity index is 2.36. The lowest BCUT2D eigenvalue weighted by Crippen LogP contribution is -2.62. The zero-order chi connectivity index (χ0) is 12.6. The van der Waals surface area contributed by atoms with Gasteiger partial charge in [-0.2, -0.15) is 0 Å². The second-order valence-corrected chi connectivity index (χ2v) is 4.88. The van der Waals surface area contributed by atoms with E-state index in [1.807, 2.05) is 25.8 Å². The Morgan fingerprint density at radius 3 is 2.76 bits per heavy atom. The van der Waals surface area contributed by atoms with Gasteiger partial charge >= 0.3 is 0 Å². The number of carbonyl (C=O) groups excluding carboxylic acids is 1. The van der Waals surface area contributed by atoms with Crippen molar-refractivity contribution in [3.8, 4) is 0 Å². The Kier molecular flexibility index (Phi) is 2.69. The summed E-state index contributed by atoms with van der Waals surface area (Å²) < 4.78 is 0. The number of rotatable bonds is 1. The van der Waals surface area contributed by atoms with Crippen molar-refractivity contribution in [1.29, 1.82) is 0 Å². The highest BCUT2D eigenvalue weighted by molar-refractivity contribution is 5.90. The Labute approximate surface area is 101 Å². The minimum Gasteiger partial charge on any atom is -0.399 e. The number of nitrogens with two attached hydrogens (primary N) is 1. The van der Waals surface area contributed by atoms with Crippen molar-refractivity contribution in [1.82, 2.24) is 9.88 Å². The fourth-order valence-electron chi connectivity index (χ4n) is 2.20. The summed E-state index contributed by atoms with van der Waals surface area (Å²) in [4.78, 5) is 20.2. The molecule has 2 heterocycles. The molecule has 1 aromatic rings. The van der Waals surface area contributed by atoms with Crippen LogP contribution >= 0.6 is 0 Å². The minimum absolute atomic E-state index is 0.105. The van der Waals surface area contributed by atoms with Crippen LogP contribution in [0.2, 0.25) is 0 Å². The van der Waals surface area contributed by atoms with Gasteiger partial charge in [0.05, 0.1) is 0 Å². The number of carbonyl (C=O) groups is 1. The molecule has 1 aliphatic heterocycles. The van der Waals surface area contributed by atoms with E-state index in [-0.39, 0.29) is 5.91 Å². The van der Waals surface area contributed by atoms with Crippen LogP contribution in [-0.2, 0) is 4.79 Å². The number of hydrogen-bond donors (Lipinski definition) is 1. The predicted molar refractivity (Wildman–Crippen MR) is 67.7 cm³/mol. The molecule has 0 aliphatic carbocycles. The quantitative estimate of drug-likeness (QED) is 0.777. The molecule has 5 nitrogen and oxygen atoms in total. The van der Waals surface area contributed by atoms with E-state index in [0.29, 0.717) is 12.2 Å². The van der Waals surface area contributed by atoms with Crippen LogP contribution in [0.1, 0.15) is 13.8 Å². The molecule has 1 saturated heterocycles. The van der Waals surface area contributed by atoms with Crippen LogP contribution < -0.4 is 10.6 Å². The van der Waals surface area contributed by atoms with E-state index in [1.165, 1.54) is 0 Å². The highest BCUT2D eigenvalue weighted by Crippen LogP contribution is 2.27. The van der Waals surface area contributed by atoms with Gasteiger partial charge in [-0.05, 0) is 19.9 Å². The molecule has 5 heteroatoms. The third-order valence-corrected chi connectivity index (χ3v) is 3.25. The van der Waals surface area contributed by atoms with Gasteiger partial charge in [-0.15, -0.1) is 0 Å². The number of amides is 1. The van der Waals surface area contributed by atoms with Crippen molar-refractivity contribution in [3.05, 3.63) is 18.3 Å². The molecule has 0 radical (unpaired) electrons. The standard InChI is InChI=1S/C12H18N4O/c1-12(2)11(17)15(3)6-7-16(12)10-8-9(13)4-5-14-10/h4-5,8H,6-7H2,1-3H3,(H2,13,14). The van der Waals surface area contributed by atoms with Crippen LogP contribution in [0.25, 0.3) is 0 Å². The second-order valence-electron chi connectivity index (χ2n) is 4.88. The highest BCUT2D eigenvalue weighted by Gasteiger charge is 2.41. The first kappa shape index (κ1) is 11.7. The van der Waals surface area contributed by atoms with Crippen LogP contribution in [0.3, 0.4) is 0 Å². The molecule has 92 valence electrons. The van der Waals surface area contributed by atoms with Crippen LogP contribution in [0.15, 0.2) is 18.3 Å². The van der Waals surface area contributed by atoms with Gasteiger partial charge in [0.1, 0.15) is 11.4 Å². The molecule has 0 spiro atoms. The monoisotopic (exact) mass is 234 g/mol. The van der Waals surface area contributed by atoms with E-state index in [4.69, 9.17) is 5.73 Å². The number of nitrogen functional groups attached to an aromatic ring is 1. The maximum absolute atomic E-state index is 12.1. The summed E-state index contributed by atoms with van der Waals surface area (Å²) in [6, 6.07) is 3.55. The molecule has 2 rings (SSSR count). The van der Waals surface area contributed by atoms with Crippen LogP contribution in [0, 0.1) is 0 Å². The number of anilines is 2. The maximum Gasteiger partial charge on any atom is 0.247 e. The summed E-state index contributed by atoms with van der Waals surface area (Å²) >= 11 is 0. The fourth-order valence-corrected chi connectivity index (χ4v) is 2.20. The van der Waals surface area contributed by atoms with E-state index in [1.54, 1.807) is 23.2 Å². The number of aromatic nitrogens is 1.